The number of halogens is 3. The molecule has 0 radical (unpaired) electrons. The largest absolute Gasteiger partial charge is 0.509 e. The molecule has 1 amide bonds. The van der Waals surface area contributed by atoms with Gasteiger partial charge < -0.3 is 5.11 Å². The topological polar surface area (TPSA) is 54.4 Å². The highest BCUT2D eigenvalue weighted by Crippen LogP contribution is 2.31. The van der Waals surface area contributed by atoms with Gasteiger partial charge in [-0.1, -0.05) is 0 Å². The number of carboxylic acid groups (broad SMARTS) is 1. The van der Waals surface area contributed by atoms with Crippen LogP contribution in [0.3, 0.4) is 0 Å². The van der Waals surface area contributed by atoms with E-state index < -0.39 is 28.6 Å². The zero-order valence-corrected chi connectivity index (χ0v) is 8.04. The zero-order chi connectivity index (χ0) is 11.9. The van der Waals surface area contributed by atoms with E-state index in [9.17, 15) is 22.8 Å². The number of quaternary nitrogens is 1. The molecule has 1 N–H and O–H groups in total. The lowest BCUT2D eigenvalue weighted by atomic mass is 10.2. The summed E-state index contributed by atoms with van der Waals surface area (Å²) < 4.78 is 35.6. The third-order valence-corrected chi connectivity index (χ3v) is 2.78. The van der Waals surface area contributed by atoms with E-state index in [2.05, 4.69) is 0 Å². The molecule has 1 aliphatic rings. The molecule has 0 spiro atoms. The van der Waals surface area contributed by atoms with Gasteiger partial charge in [0, 0.05) is 12.8 Å². The Morgan fingerprint density at radius 3 is 2.33 bits per heavy atom. The molecule has 4 nitrogen and oxygen atoms in total. The van der Waals surface area contributed by atoms with Crippen molar-refractivity contribution in [1.82, 2.24) is 0 Å². The number of rotatable bonds is 1. The maximum atomic E-state index is 12.2. The Morgan fingerprint density at radius 1 is 1.40 bits per heavy atom. The molecule has 1 rings (SSSR count). The van der Waals surface area contributed by atoms with E-state index in [1.54, 1.807) is 0 Å². The van der Waals surface area contributed by atoms with Gasteiger partial charge in [-0.2, -0.15) is 13.2 Å². The molecule has 0 aromatic carbocycles. The average Bonchev–Trinajstić information content (AvgIpc) is 2.45. The van der Waals surface area contributed by atoms with Crippen LogP contribution in [0, 0.1) is 0 Å². The summed E-state index contributed by atoms with van der Waals surface area (Å²) in [4.78, 5) is 21.8. The number of aliphatic carboxylic acids is 1. The fraction of sp³-hybridized carbons (Fsp3) is 0.750. The summed E-state index contributed by atoms with van der Waals surface area (Å²) >= 11 is 0. The standard InChI is InChI=1S/C8H10F3NO3/c1-12(7(15)8(9,10)11)4-2-3-5(12)6(13)14/h5H,2-4H2,1H3/p+1/t5?,12-/m1/s1. The van der Waals surface area contributed by atoms with Crippen LogP contribution in [0.4, 0.5) is 13.2 Å². The van der Waals surface area contributed by atoms with Gasteiger partial charge in [-0.05, 0) is 0 Å². The van der Waals surface area contributed by atoms with E-state index >= 15 is 0 Å². The van der Waals surface area contributed by atoms with Gasteiger partial charge in [0.15, 0.2) is 6.04 Å². The van der Waals surface area contributed by atoms with Crippen LogP contribution in [-0.4, -0.2) is 47.3 Å². The number of likely N-dealkylation sites (tertiary alicyclic amines) is 1. The molecule has 15 heavy (non-hydrogen) atoms. The second kappa shape index (κ2) is 3.48. The second-order valence-corrected chi connectivity index (χ2v) is 3.79. The minimum absolute atomic E-state index is 0.0741. The van der Waals surface area contributed by atoms with Gasteiger partial charge in [0.1, 0.15) is 0 Å². The smallest absolute Gasteiger partial charge is 0.477 e. The molecular formula is C8H11F3NO3+. The lowest BCUT2D eigenvalue weighted by Crippen LogP contribution is -2.60. The molecular weight excluding hydrogens is 215 g/mol. The molecule has 1 heterocycles. The van der Waals surface area contributed by atoms with E-state index in [0.29, 0.717) is 6.42 Å². The zero-order valence-electron chi connectivity index (χ0n) is 8.04. The predicted molar refractivity (Wildman–Crippen MR) is 42.8 cm³/mol. The lowest BCUT2D eigenvalue weighted by Gasteiger charge is -2.30. The number of likely N-dealkylation sites (N-methyl/N-ethyl adjacent to an activating group) is 1. The number of carbonyl (C=O) groups is 2. The van der Waals surface area contributed by atoms with Crippen LogP contribution in [0.2, 0.25) is 0 Å². The van der Waals surface area contributed by atoms with E-state index in [-0.39, 0.29) is 13.0 Å². The number of hydrogen-bond donors (Lipinski definition) is 1. The van der Waals surface area contributed by atoms with Crippen molar-refractivity contribution >= 4 is 11.9 Å². The minimum atomic E-state index is -4.98. The Kier molecular flexibility index (Phi) is 2.77. The highest BCUT2D eigenvalue weighted by Gasteiger charge is 2.59. The summed E-state index contributed by atoms with van der Waals surface area (Å²) in [6, 6.07) is -1.28. The molecule has 1 saturated heterocycles. The van der Waals surface area contributed by atoms with Gasteiger partial charge in [-0.3, -0.25) is 0 Å². The van der Waals surface area contributed by atoms with Gasteiger partial charge in [-0.25, -0.2) is 14.1 Å². The number of nitrogens with zero attached hydrogens (tertiary/aromatic N) is 1. The second-order valence-electron chi connectivity index (χ2n) is 3.79. The number of alkyl halides is 3. The Bertz CT molecular complexity index is 302. The third-order valence-electron chi connectivity index (χ3n) is 2.78. The number of carboxylic acids is 1. The van der Waals surface area contributed by atoms with Crippen LogP contribution in [0.1, 0.15) is 12.8 Å². The number of carbonyl (C=O) groups excluding carboxylic acids is 1. The van der Waals surface area contributed by atoms with Crippen molar-refractivity contribution in [2.45, 2.75) is 25.1 Å². The van der Waals surface area contributed by atoms with Crippen molar-refractivity contribution in [3.05, 3.63) is 0 Å². The van der Waals surface area contributed by atoms with Crippen molar-refractivity contribution < 1.29 is 32.3 Å². The van der Waals surface area contributed by atoms with Crippen molar-refractivity contribution in [3.63, 3.8) is 0 Å². The first-order chi connectivity index (χ1) is 6.69. The Hall–Kier alpha value is -1.11. The quantitative estimate of drug-likeness (QED) is 0.672. The molecule has 0 aromatic rings. The first-order valence-corrected chi connectivity index (χ1v) is 4.39. The average molecular weight is 226 g/mol. The molecule has 1 fully saturated rings. The summed E-state index contributed by atoms with van der Waals surface area (Å²) in [6.45, 7) is -0.0741. The maximum absolute atomic E-state index is 12.2. The first-order valence-electron chi connectivity index (χ1n) is 4.39. The van der Waals surface area contributed by atoms with Crippen LogP contribution in [0.5, 0.6) is 0 Å². The van der Waals surface area contributed by atoms with Crippen LogP contribution >= 0.6 is 0 Å². The van der Waals surface area contributed by atoms with Gasteiger partial charge in [-0.15, -0.1) is 0 Å². The number of hydrogen-bond acceptors (Lipinski definition) is 2. The highest BCUT2D eigenvalue weighted by atomic mass is 19.4. The fourth-order valence-corrected chi connectivity index (χ4v) is 1.95. The van der Waals surface area contributed by atoms with Crippen LogP contribution in [0.15, 0.2) is 0 Å². The molecule has 1 aliphatic heterocycles. The lowest BCUT2D eigenvalue weighted by molar-refractivity contribution is -0.843. The van der Waals surface area contributed by atoms with E-state index in [1.807, 2.05) is 0 Å². The molecule has 0 saturated carbocycles. The molecule has 7 heteroatoms. The normalized spacial score (nSPS) is 31.6. The SMILES string of the molecule is C[N@@+]1(C(=O)C(F)(F)F)CCCC1C(=O)O. The van der Waals surface area contributed by atoms with E-state index in [4.69, 9.17) is 5.11 Å². The van der Waals surface area contributed by atoms with Crippen molar-refractivity contribution in [2.24, 2.45) is 0 Å². The molecule has 2 atom stereocenters. The van der Waals surface area contributed by atoms with Crippen LogP contribution < -0.4 is 0 Å². The first kappa shape index (κ1) is 12.0. The third kappa shape index (κ3) is 1.97. The highest BCUT2D eigenvalue weighted by molar-refractivity contribution is 5.80. The fourth-order valence-electron chi connectivity index (χ4n) is 1.95. The monoisotopic (exact) mass is 226 g/mol. The summed E-state index contributed by atoms with van der Waals surface area (Å²) in [7, 11) is 1.03. The molecule has 0 aromatic heterocycles. The van der Waals surface area contributed by atoms with E-state index in [1.165, 1.54) is 0 Å². The maximum Gasteiger partial charge on any atom is 0.509 e. The Balaban J connectivity index is 3.00. The minimum Gasteiger partial charge on any atom is -0.477 e. The van der Waals surface area contributed by atoms with Crippen molar-refractivity contribution in [3.8, 4) is 0 Å². The predicted octanol–water partition coefficient (Wildman–Crippen LogP) is 0.769. The summed E-state index contributed by atoms with van der Waals surface area (Å²) in [6.07, 6.45) is -4.56. The van der Waals surface area contributed by atoms with Gasteiger partial charge in [0.05, 0.1) is 13.6 Å². The molecule has 1 unspecified atom stereocenters. The number of amides is 1. The molecule has 0 aliphatic carbocycles. The Labute approximate surface area is 83.9 Å². The summed E-state index contributed by atoms with van der Waals surface area (Å²) in [5.74, 6) is -3.33. The summed E-state index contributed by atoms with van der Waals surface area (Å²) in [5.41, 5.74) is 0. The van der Waals surface area contributed by atoms with Gasteiger partial charge in [0.25, 0.3) is 0 Å². The molecule has 86 valence electrons. The van der Waals surface area contributed by atoms with Crippen LogP contribution in [-0.2, 0) is 9.59 Å². The Morgan fingerprint density at radius 2 is 1.93 bits per heavy atom. The van der Waals surface area contributed by atoms with Crippen molar-refractivity contribution in [2.75, 3.05) is 13.6 Å². The van der Waals surface area contributed by atoms with Gasteiger partial charge >= 0.3 is 18.1 Å². The van der Waals surface area contributed by atoms with Gasteiger partial charge in [0.2, 0.25) is 0 Å². The van der Waals surface area contributed by atoms with Crippen LogP contribution in [0.25, 0.3) is 0 Å². The molecule has 0 bridgehead atoms. The van der Waals surface area contributed by atoms with Crippen molar-refractivity contribution in [1.29, 1.82) is 0 Å². The van der Waals surface area contributed by atoms with E-state index in [0.717, 1.165) is 7.05 Å². The summed E-state index contributed by atoms with van der Waals surface area (Å²) in [5, 5.41) is 8.73.